The number of rotatable bonds is 3. The Labute approximate surface area is 140 Å². The Morgan fingerprint density at radius 3 is 2.50 bits per heavy atom. The Morgan fingerprint density at radius 2 is 1.83 bits per heavy atom. The Bertz CT molecular complexity index is 823. The van der Waals surface area contributed by atoms with Crippen LogP contribution in [0.4, 0.5) is 8.78 Å². The maximum absolute atomic E-state index is 14.6. The van der Waals surface area contributed by atoms with Crippen molar-refractivity contribution in [3.05, 3.63) is 59.8 Å². The van der Waals surface area contributed by atoms with Crippen LogP contribution >= 0.6 is 0 Å². The number of hydrogen-bond donors (Lipinski definition) is 1. The molecule has 0 atom stereocenters. The third-order valence-corrected chi connectivity index (χ3v) is 3.70. The van der Waals surface area contributed by atoms with Gasteiger partial charge in [0.25, 0.3) is 0 Å². The molecule has 0 unspecified atom stereocenters. The fourth-order valence-corrected chi connectivity index (χ4v) is 2.61. The SMILES string of the molecule is CC.CCCc1c(O)cc(-c2ccc3ncccc3c2F)cc1F. The number of phenols is 1. The van der Waals surface area contributed by atoms with Gasteiger partial charge in [0.2, 0.25) is 0 Å². The first-order valence-corrected chi connectivity index (χ1v) is 8.16. The van der Waals surface area contributed by atoms with Crippen LogP contribution in [0.3, 0.4) is 0 Å². The van der Waals surface area contributed by atoms with Gasteiger partial charge < -0.3 is 5.11 Å². The molecule has 0 amide bonds. The van der Waals surface area contributed by atoms with Crippen LogP contribution in [0.2, 0.25) is 0 Å². The molecule has 0 radical (unpaired) electrons. The number of hydrogen-bond acceptors (Lipinski definition) is 2. The van der Waals surface area contributed by atoms with Gasteiger partial charge in [-0.25, -0.2) is 8.78 Å². The summed E-state index contributed by atoms with van der Waals surface area (Å²) < 4.78 is 28.8. The molecular weight excluding hydrogens is 308 g/mol. The van der Waals surface area contributed by atoms with E-state index in [9.17, 15) is 13.9 Å². The zero-order chi connectivity index (χ0) is 17.7. The van der Waals surface area contributed by atoms with Crippen molar-refractivity contribution in [2.45, 2.75) is 33.6 Å². The Balaban J connectivity index is 0.00000100. The number of fused-ring (bicyclic) bond motifs is 1. The Morgan fingerprint density at radius 1 is 1.08 bits per heavy atom. The molecule has 0 aliphatic heterocycles. The van der Waals surface area contributed by atoms with E-state index in [2.05, 4.69) is 4.98 Å². The third-order valence-electron chi connectivity index (χ3n) is 3.70. The average molecular weight is 329 g/mol. The van der Waals surface area contributed by atoms with Crippen LogP contribution in [0.5, 0.6) is 5.75 Å². The molecule has 3 rings (SSSR count). The molecule has 2 nitrogen and oxygen atoms in total. The molecule has 0 aliphatic rings. The zero-order valence-electron chi connectivity index (χ0n) is 14.1. The standard InChI is InChI=1S/C18H15F2NO.C2H6/c1-2-4-13-15(19)9-11(10-17(13)22)12-6-7-16-14(18(12)20)5-3-8-21-16;1-2/h3,5-10,22H,2,4H2,1H3;1-2H3. The van der Waals surface area contributed by atoms with Gasteiger partial charge in [0.05, 0.1) is 5.52 Å². The highest BCUT2D eigenvalue weighted by Gasteiger charge is 2.15. The number of nitrogens with zero attached hydrogens (tertiary/aromatic N) is 1. The van der Waals surface area contributed by atoms with Gasteiger partial charge in [-0.05, 0) is 48.4 Å². The quantitative estimate of drug-likeness (QED) is 0.652. The second-order valence-electron chi connectivity index (χ2n) is 5.20. The summed E-state index contributed by atoms with van der Waals surface area (Å²) in [5, 5.41) is 10.4. The van der Waals surface area contributed by atoms with Crippen molar-refractivity contribution in [1.29, 1.82) is 0 Å². The van der Waals surface area contributed by atoms with E-state index in [4.69, 9.17) is 0 Å². The molecule has 4 heteroatoms. The normalized spacial score (nSPS) is 10.4. The van der Waals surface area contributed by atoms with Gasteiger partial charge >= 0.3 is 0 Å². The predicted octanol–water partition coefficient (Wildman–Crippen LogP) is 5.86. The lowest BCUT2D eigenvalue weighted by Gasteiger charge is -2.10. The molecule has 1 heterocycles. The fourth-order valence-electron chi connectivity index (χ4n) is 2.61. The summed E-state index contributed by atoms with van der Waals surface area (Å²) in [6, 6.07) is 9.20. The highest BCUT2D eigenvalue weighted by molar-refractivity contribution is 5.85. The van der Waals surface area contributed by atoms with Crippen LogP contribution in [0.15, 0.2) is 42.6 Å². The Kier molecular flexibility index (Phi) is 5.85. The van der Waals surface area contributed by atoms with Crippen molar-refractivity contribution >= 4 is 10.9 Å². The van der Waals surface area contributed by atoms with Crippen molar-refractivity contribution in [2.75, 3.05) is 0 Å². The summed E-state index contributed by atoms with van der Waals surface area (Å²) in [4.78, 5) is 4.09. The van der Waals surface area contributed by atoms with E-state index in [1.807, 2.05) is 20.8 Å². The molecule has 0 fully saturated rings. The second-order valence-corrected chi connectivity index (χ2v) is 5.20. The van der Waals surface area contributed by atoms with Crippen molar-refractivity contribution in [1.82, 2.24) is 4.98 Å². The van der Waals surface area contributed by atoms with Crippen LogP contribution < -0.4 is 0 Å². The van der Waals surface area contributed by atoms with E-state index < -0.39 is 11.6 Å². The summed E-state index contributed by atoms with van der Waals surface area (Å²) in [7, 11) is 0. The molecule has 0 bridgehead atoms. The molecule has 3 aromatic rings. The molecule has 1 aromatic heterocycles. The molecule has 0 saturated heterocycles. The van der Waals surface area contributed by atoms with Crippen LogP contribution in [-0.2, 0) is 6.42 Å². The van der Waals surface area contributed by atoms with Crippen LogP contribution in [-0.4, -0.2) is 10.1 Å². The van der Waals surface area contributed by atoms with Crippen molar-refractivity contribution < 1.29 is 13.9 Å². The molecule has 0 aliphatic carbocycles. The summed E-state index contributed by atoms with van der Waals surface area (Å²) >= 11 is 0. The largest absolute Gasteiger partial charge is 0.508 e. The van der Waals surface area contributed by atoms with E-state index in [0.29, 0.717) is 22.9 Å². The molecule has 126 valence electrons. The first-order valence-electron chi connectivity index (χ1n) is 8.16. The van der Waals surface area contributed by atoms with Crippen molar-refractivity contribution in [3.63, 3.8) is 0 Å². The van der Waals surface area contributed by atoms with E-state index in [-0.39, 0.29) is 16.9 Å². The number of phenolic OH excluding ortho intramolecular Hbond substituents is 1. The fraction of sp³-hybridized carbons (Fsp3) is 0.250. The smallest absolute Gasteiger partial charge is 0.140 e. The highest BCUT2D eigenvalue weighted by atomic mass is 19.1. The minimum atomic E-state index is -0.512. The topological polar surface area (TPSA) is 33.1 Å². The lowest BCUT2D eigenvalue weighted by Crippen LogP contribution is -1.94. The number of aromatic nitrogens is 1. The second kappa shape index (κ2) is 7.86. The average Bonchev–Trinajstić information content (AvgIpc) is 2.60. The predicted molar refractivity (Wildman–Crippen MR) is 94.1 cm³/mol. The zero-order valence-corrected chi connectivity index (χ0v) is 14.1. The van der Waals surface area contributed by atoms with E-state index in [0.717, 1.165) is 6.42 Å². The van der Waals surface area contributed by atoms with E-state index >= 15 is 0 Å². The molecule has 0 saturated carbocycles. The summed E-state index contributed by atoms with van der Waals surface area (Å²) in [5.74, 6) is -1.11. The molecule has 24 heavy (non-hydrogen) atoms. The van der Waals surface area contributed by atoms with Crippen LogP contribution in [0, 0.1) is 11.6 Å². The minimum Gasteiger partial charge on any atom is -0.508 e. The van der Waals surface area contributed by atoms with Gasteiger partial charge in [-0.3, -0.25) is 4.98 Å². The number of pyridine rings is 1. The number of benzene rings is 2. The monoisotopic (exact) mass is 329 g/mol. The lowest BCUT2D eigenvalue weighted by atomic mass is 9.98. The van der Waals surface area contributed by atoms with Gasteiger partial charge in [0.1, 0.15) is 17.4 Å². The molecule has 1 N–H and O–H groups in total. The highest BCUT2D eigenvalue weighted by Crippen LogP contribution is 2.33. The minimum absolute atomic E-state index is 0.137. The maximum atomic E-state index is 14.6. The van der Waals surface area contributed by atoms with Gasteiger partial charge in [-0.15, -0.1) is 0 Å². The Hall–Kier alpha value is -2.49. The molecule has 0 spiro atoms. The summed E-state index contributed by atoms with van der Waals surface area (Å²) in [6.07, 6.45) is 2.76. The molecule has 2 aromatic carbocycles. The van der Waals surface area contributed by atoms with Gasteiger partial charge in [0.15, 0.2) is 0 Å². The van der Waals surface area contributed by atoms with E-state index in [1.54, 1.807) is 30.5 Å². The first-order chi connectivity index (χ1) is 11.6. The van der Waals surface area contributed by atoms with Gasteiger partial charge in [-0.1, -0.05) is 27.2 Å². The van der Waals surface area contributed by atoms with Gasteiger partial charge in [-0.2, -0.15) is 0 Å². The van der Waals surface area contributed by atoms with E-state index in [1.165, 1.54) is 12.1 Å². The number of aromatic hydroxyl groups is 1. The lowest BCUT2D eigenvalue weighted by molar-refractivity contribution is 0.458. The number of halogens is 2. The van der Waals surface area contributed by atoms with Crippen molar-refractivity contribution in [2.24, 2.45) is 0 Å². The first kappa shape index (κ1) is 17.9. The van der Waals surface area contributed by atoms with Crippen LogP contribution in [0.1, 0.15) is 32.8 Å². The van der Waals surface area contributed by atoms with Gasteiger partial charge in [0, 0.05) is 22.7 Å². The summed E-state index contributed by atoms with van der Waals surface area (Å²) in [5.41, 5.74) is 1.38. The maximum Gasteiger partial charge on any atom is 0.140 e. The van der Waals surface area contributed by atoms with Crippen LogP contribution in [0.25, 0.3) is 22.0 Å². The van der Waals surface area contributed by atoms with Crippen molar-refractivity contribution in [3.8, 4) is 16.9 Å². The molecular formula is C20H21F2NO. The summed E-state index contributed by atoms with van der Waals surface area (Å²) in [6.45, 7) is 5.91. The third kappa shape index (κ3) is 3.37.